The Balaban J connectivity index is 1.77. The van der Waals surface area contributed by atoms with E-state index < -0.39 is 11.6 Å². The molecule has 1 N–H and O–H groups in total. The Labute approximate surface area is 137 Å². The second-order valence-corrected chi connectivity index (χ2v) is 6.94. The zero-order chi connectivity index (χ0) is 16.4. The van der Waals surface area contributed by atoms with Crippen molar-refractivity contribution >= 4 is 5.97 Å². The van der Waals surface area contributed by atoms with Gasteiger partial charge < -0.3 is 14.7 Å². The Hall–Kier alpha value is -1.81. The molecule has 1 atom stereocenters. The molecule has 0 radical (unpaired) electrons. The van der Waals surface area contributed by atoms with Crippen LogP contribution >= 0.6 is 0 Å². The first-order valence-corrected chi connectivity index (χ1v) is 8.44. The summed E-state index contributed by atoms with van der Waals surface area (Å²) in [6.45, 7) is 5.74. The van der Waals surface area contributed by atoms with E-state index >= 15 is 0 Å². The zero-order valence-electron chi connectivity index (χ0n) is 13.9. The summed E-state index contributed by atoms with van der Waals surface area (Å²) in [6.07, 6.45) is 4.99. The Bertz CT molecular complexity index is 588. The van der Waals surface area contributed by atoms with Crippen molar-refractivity contribution in [3.8, 4) is 0 Å². The number of rotatable bonds is 4. The van der Waals surface area contributed by atoms with Crippen molar-refractivity contribution in [2.75, 3.05) is 13.1 Å². The van der Waals surface area contributed by atoms with Crippen LogP contribution in [-0.4, -0.2) is 29.1 Å². The quantitative estimate of drug-likeness (QED) is 0.685. The van der Waals surface area contributed by atoms with Crippen molar-refractivity contribution in [3.63, 3.8) is 0 Å². The van der Waals surface area contributed by atoms with Gasteiger partial charge >= 0.3 is 5.97 Å². The predicted molar refractivity (Wildman–Crippen MR) is 88.3 cm³/mol. The van der Waals surface area contributed by atoms with Gasteiger partial charge in [0.25, 0.3) is 0 Å². The summed E-state index contributed by atoms with van der Waals surface area (Å²) in [5.74, 6) is -0.171. The molecule has 0 saturated carbocycles. The van der Waals surface area contributed by atoms with Gasteiger partial charge in [-0.05, 0) is 36.7 Å². The minimum absolute atomic E-state index is 0.279. The lowest BCUT2D eigenvalue weighted by molar-refractivity contribution is -0.166. The van der Waals surface area contributed by atoms with E-state index in [4.69, 9.17) is 4.74 Å². The number of ether oxygens (including phenoxy) is 1. The van der Waals surface area contributed by atoms with Crippen molar-refractivity contribution in [1.29, 1.82) is 0 Å². The Morgan fingerprint density at radius 3 is 2.48 bits per heavy atom. The number of carbonyl (C=O) groups is 1. The molecule has 1 aromatic carbocycles. The molecule has 3 heterocycles. The van der Waals surface area contributed by atoms with Crippen LogP contribution < -0.4 is 0 Å². The van der Waals surface area contributed by atoms with Crippen LogP contribution in [-0.2, 0) is 15.1 Å². The maximum absolute atomic E-state index is 12.6. The molecule has 3 saturated heterocycles. The summed E-state index contributed by atoms with van der Waals surface area (Å²) >= 11 is 0. The number of hydrogen-bond donors (Lipinski definition) is 1. The van der Waals surface area contributed by atoms with Gasteiger partial charge in [0.1, 0.15) is 6.26 Å². The number of benzene rings is 1. The van der Waals surface area contributed by atoms with Crippen molar-refractivity contribution < 1.29 is 14.6 Å². The number of piperidine rings is 3. The molecule has 124 valence electrons. The van der Waals surface area contributed by atoms with Gasteiger partial charge in [-0.1, -0.05) is 44.2 Å². The largest absolute Gasteiger partial charge is 0.430 e. The lowest BCUT2D eigenvalue weighted by Gasteiger charge is -2.42. The molecule has 23 heavy (non-hydrogen) atoms. The third kappa shape index (κ3) is 3.00. The van der Waals surface area contributed by atoms with Crippen LogP contribution in [0.3, 0.4) is 0 Å². The van der Waals surface area contributed by atoms with Crippen LogP contribution in [0, 0.1) is 11.8 Å². The molecule has 4 nitrogen and oxygen atoms in total. The number of aliphatic hydroxyl groups is 1. The van der Waals surface area contributed by atoms with E-state index in [9.17, 15) is 9.90 Å². The van der Waals surface area contributed by atoms with E-state index in [1.165, 1.54) is 12.8 Å². The Morgan fingerprint density at radius 1 is 1.30 bits per heavy atom. The number of allylic oxidation sites excluding steroid dienone is 1. The van der Waals surface area contributed by atoms with Crippen molar-refractivity contribution in [3.05, 3.63) is 47.9 Å². The van der Waals surface area contributed by atoms with E-state index in [1.807, 2.05) is 32.0 Å². The first-order chi connectivity index (χ1) is 11.0. The highest BCUT2D eigenvalue weighted by molar-refractivity contribution is 5.82. The SMILES string of the molecule is CC(C)[C@@](O)(C(=O)O/C=C1/CC2CCN1CC2)c1ccccc1. The molecule has 0 aliphatic carbocycles. The summed E-state index contributed by atoms with van der Waals surface area (Å²) in [6, 6.07) is 9.03. The van der Waals surface area contributed by atoms with Gasteiger partial charge in [-0.25, -0.2) is 4.79 Å². The summed E-state index contributed by atoms with van der Waals surface area (Å²) in [4.78, 5) is 14.9. The molecule has 2 bridgehead atoms. The monoisotopic (exact) mass is 315 g/mol. The number of fused-ring (bicyclic) bond motifs is 3. The van der Waals surface area contributed by atoms with E-state index in [2.05, 4.69) is 4.90 Å². The molecule has 3 fully saturated rings. The maximum Gasteiger partial charge on any atom is 0.347 e. The predicted octanol–water partition coefficient (Wildman–Crippen LogP) is 3.03. The molecule has 0 unspecified atom stereocenters. The van der Waals surface area contributed by atoms with Gasteiger partial charge in [0.2, 0.25) is 0 Å². The summed E-state index contributed by atoms with van der Waals surface area (Å²) < 4.78 is 5.42. The molecule has 3 aliphatic rings. The van der Waals surface area contributed by atoms with Crippen LogP contribution in [0.4, 0.5) is 0 Å². The lowest BCUT2D eigenvalue weighted by Crippen LogP contribution is -2.42. The summed E-state index contributed by atoms with van der Waals surface area (Å²) in [5.41, 5.74) is 0.0327. The molecular formula is C19H25NO3. The number of esters is 1. The molecule has 3 aliphatic heterocycles. The van der Waals surface area contributed by atoms with Gasteiger partial charge in [0, 0.05) is 18.8 Å². The Kier molecular flexibility index (Phi) is 4.44. The van der Waals surface area contributed by atoms with Crippen LogP contribution in [0.15, 0.2) is 42.3 Å². The van der Waals surface area contributed by atoms with E-state index in [0.29, 0.717) is 11.5 Å². The van der Waals surface area contributed by atoms with Gasteiger partial charge in [-0.15, -0.1) is 0 Å². The molecule has 0 amide bonds. The fourth-order valence-electron chi connectivity index (χ4n) is 3.56. The van der Waals surface area contributed by atoms with Crippen LogP contribution in [0.2, 0.25) is 0 Å². The zero-order valence-corrected chi connectivity index (χ0v) is 13.9. The van der Waals surface area contributed by atoms with Crippen molar-refractivity contribution in [1.82, 2.24) is 4.90 Å². The first kappa shape index (κ1) is 16.1. The van der Waals surface area contributed by atoms with Gasteiger partial charge in [-0.3, -0.25) is 0 Å². The van der Waals surface area contributed by atoms with Gasteiger partial charge in [-0.2, -0.15) is 0 Å². The average Bonchev–Trinajstić information content (AvgIpc) is 2.60. The van der Waals surface area contributed by atoms with Crippen molar-refractivity contribution in [2.45, 2.75) is 38.7 Å². The minimum Gasteiger partial charge on any atom is -0.430 e. The second kappa shape index (κ2) is 6.36. The highest BCUT2D eigenvalue weighted by atomic mass is 16.5. The molecule has 1 aromatic rings. The third-order valence-electron chi connectivity index (χ3n) is 5.18. The number of carbonyl (C=O) groups excluding carboxylic acids is 1. The molecule has 4 heteroatoms. The van der Waals surface area contributed by atoms with Crippen LogP contribution in [0.25, 0.3) is 0 Å². The van der Waals surface area contributed by atoms with E-state index in [1.54, 1.807) is 18.4 Å². The topological polar surface area (TPSA) is 49.8 Å². The fourth-order valence-corrected chi connectivity index (χ4v) is 3.56. The molecule has 0 spiro atoms. The summed E-state index contributed by atoms with van der Waals surface area (Å²) in [7, 11) is 0. The number of nitrogens with zero attached hydrogens (tertiary/aromatic N) is 1. The number of hydrogen-bond acceptors (Lipinski definition) is 4. The van der Waals surface area contributed by atoms with Crippen LogP contribution in [0.5, 0.6) is 0 Å². The average molecular weight is 315 g/mol. The highest BCUT2D eigenvalue weighted by Crippen LogP contribution is 2.35. The second-order valence-electron chi connectivity index (χ2n) is 6.94. The van der Waals surface area contributed by atoms with Gasteiger partial charge in [0.15, 0.2) is 5.60 Å². The third-order valence-corrected chi connectivity index (χ3v) is 5.18. The molecular weight excluding hydrogens is 290 g/mol. The highest BCUT2D eigenvalue weighted by Gasteiger charge is 2.43. The minimum atomic E-state index is -1.62. The summed E-state index contributed by atoms with van der Waals surface area (Å²) in [5, 5.41) is 11.0. The molecule has 0 aromatic heterocycles. The van der Waals surface area contributed by atoms with E-state index in [-0.39, 0.29) is 5.92 Å². The standard InChI is InChI=1S/C19H25NO3/c1-14(2)19(22,16-6-4-3-5-7-16)18(21)23-13-17-12-15-8-10-20(17)11-9-15/h3-7,13-15,22H,8-12H2,1-2H3/b17-13-/t19-/m0/s1. The van der Waals surface area contributed by atoms with Crippen LogP contribution in [0.1, 0.15) is 38.7 Å². The first-order valence-electron chi connectivity index (χ1n) is 8.44. The fraction of sp³-hybridized carbons (Fsp3) is 0.526. The molecule has 4 rings (SSSR count). The Morgan fingerprint density at radius 2 is 1.96 bits per heavy atom. The van der Waals surface area contributed by atoms with E-state index in [0.717, 1.165) is 25.2 Å². The maximum atomic E-state index is 12.6. The smallest absolute Gasteiger partial charge is 0.347 e. The van der Waals surface area contributed by atoms with Gasteiger partial charge in [0.05, 0.1) is 0 Å². The lowest BCUT2D eigenvalue weighted by atomic mass is 9.83. The van der Waals surface area contributed by atoms with Crippen molar-refractivity contribution in [2.24, 2.45) is 11.8 Å². The normalized spacial score (nSPS) is 22.4.